The number of hydrogen-bond acceptors (Lipinski definition) is 2. The molecule has 0 aliphatic heterocycles. The molecule has 0 saturated heterocycles. The highest BCUT2D eigenvalue weighted by Gasteiger charge is 1.97. The van der Waals surface area contributed by atoms with Crippen molar-refractivity contribution in [2.24, 2.45) is 21.5 Å². The fourth-order valence-electron chi connectivity index (χ4n) is 6.62. The van der Waals surface area contributed by atoms with Crippen molar-refractivity contribution >= 4 is 11.9 Å². The summed E-state index contributed by atoms with van der Waals surface area (Å²) in [6.45, 7) is 8.12. The lowest BCUT2D eigenvalue weighted by molar-refractivity contribution is 0.583. The molecule has 0 aliphatic rings. The lowest BCUT2D eigenvalue weighted by Gasteiger charge is -2.07. The van der Waals surface area contributed by atoms with E-state index in [1.54, 1.807) is 0 Å². The van der Waals surface area contributed by atoms with Crippen LogP contribution in [-0.2, 0) is 0 Å². The first kappa shape index (κ1) is 50.0. The maximum Gasteiger partial charge on any atom is 0.188 e. The molecule has 0 unspecified atom stereocenters. The molecule has 0 amide bonds. The maximum absolute atomic E-state index is 6.06. The summed E-state index contributed by atoms with van der Waals surface area (Å²) in [5, 5.41) is 6.59. The smallest absolute Gasteiger partial charge is 0.188 e. The van der Waals surface area contributed by atoms with Gasteiger partial charge in [0.05, 0.1) is 0 Å². The number of hydrogen-bond donors (Lipinski definition) is 4. The summed E-state index contributed by atoms with van der Waals surface area (Å²) in [4.78, 5) is 9.03. The number of rotatable bonds is 41. The third-order valence-electron chi connectivity index (χ3n) is 10.1. The number of nitrogens with two attached hydrogens (primary N) is 2. The second-order valence-electron chi connectivity index (χ2n) is 15.4. The van der Waals surface area contributed by atoms with Crippen molar-refractivity contribution in [2.45, 2.75) is 232 Å². The van der Waals surface area contributed by atoms with Gasteiger partial charge >= 0.3 is 0 Å². The molecular weight excluding hydrogens is 637 g/mol. The number of unbranched alkanes of at least 4 members (excludes halogenated alkanes) is 29. The molecule has 6 N–H and O–H groups in total. The van der Waals surface area contributed by atoms with Gasteiger partial charge in [-0.05, 0) is 77.0 Å². The molecular formula is C46H92N6. The van der Waals surface area contributed by atoms with E-state index < -0.39 is 0 Å². The molecule has 0 rings (SSSR count). The van der Waals surface area contributed by atoms with E-state index in [1.807, 2.05) is 0 Å². The SMILES string of the molecule is CCCCCCCC/C=C\CCCCCCCCN=C(N)NCCCCCCCCNC(N)=NCCCCCCCC/C=C\CCCCCCCC. The molecule has 52 heavy (non-hydrogen) atoms. The molecule has 0 aromatic rings. The number of guanidine groups is 2. The van der Waals surface area contributed by atoms with Gasteiger partial charge in [0.2, 0.25) is 0 Å². The van der Waals surface area contributed by atoms with Crippen molar-refractivity contribution in [3.63, 3.8) is 0 Å². The van der Waals surface area contributed by atoms with Crippen LogP contribution in [0.2, 0.25) is 0 Å². The lowest BCUT2D eigenvalue weighted by atomic mass is 10.1. The van der Waals surface area contributed by atoms with Crippen molar-refractivity contribution in [2.75, 3.05) is 26.2 Å². The fourth-order valence-corrected chi connectivity index (χ4v) is 6.62. The van der Waals surface area contributed by atoms with Crippen molar-refractivity contribution in [3.05, 3.63) is 24.3 Å². The molecule has 6 heteroatoms. The molecule has 0 aliphatic carbocycles. The van der Waals surface area contributed by atoms with E-state index in [4.69, 9.17) is 11.5 Å². The highest BCUT2D eigenvalue weighted by atomic mass is 15.1. The monoisotopic (exact) mass is 729 g/mol. The Kier molecular flexibility index (Phi) is 43.5. The predicted molar refractivity (Wildman–Crippen MR) is 236 cm³/mol. The first-order valence-electron chi connectivity index (χ1n) is 23.1. The van der Waals surface area contributed by atoms with Crippen LogP contribution < -0.4 is 22.1 Å². The van der Waals surface area contributed by atoms with E-state index in [0.29, 0.717) is 11.9 Å². The van der Waals surface area contributed by atoms with Crippen LogP contribution in [-0.4, -0.2) is 38.1 Å². The Morgan fingerprint density at radius 3 is 0.904 bits per heavy atom. The van der Waals surface area contributed by atoms with E-state index in [-0.39, 0.29) is 0 Å². The summed E-state index contributed by atoms with van der Waals surface area (Å²) in [7, 11) is 0. The van der Waals surface area contributed by atoms with Gasteiger partial charge in [-0.3, -0.25) is 9.98 Å². The molecule has 0 bridgehead atoms. The van der Waals surface area contributed by atoms with Crippen LogP contribution in [0.5, 0.6) is 0 Å². The predicted octanol–water partition coefficient (Wildman–Crippen LogP) is 13.2. The van der Waals surface area contributed by atoms with Gasteiger partial charge in [0, 0.05) is 26.2 Å². The largest absolute Gasteiger partial charge is 0.370 e. The Balaban J connectivity index is 3.37. The molecule has 6 nitrogen and oxygen atoms in total. The van der Waals surface area contributed by atoms with Crippen molar-refractivity contribution in [3.8, 4) is 0 Å². The average molecular weight is 729 g/mol. The maximum atomic E-state index is 6.06. The highest BCUT2D eigenvalue weighted by Crippen LogP contribution is 2.12. The highest BCUT2D eigenvalue weighted by molar-refractivity contribution is 5.78. The van der Waals surface area contributed by atoms with Crippen molar-refractivity contribution < 1.29 is 0 Å². The third-order valence-corrected chi connectivity index (χ3v) is 10.1. The third kappa shape index (κ3) is 44.2. The Morgan fingerprint density at radius 2 is 0.596 bits per heavy atom. The second kappa shape index (κ2) is 45.2. The molecule has 0 heterocycles. The first-order valence-corrected chi connectivity index (χ1v) is 23.1. The van der Waals surface area contributed by atoms with E-state index in [0.717, 1.165) is 51.9 Å². The molecule has 0 atom stereocenters. The minimum Gasteiger partial charge on any atom is -0.370 e. The Bertz CT molecular complexity index is 739. The summed E-state index contributed by atoms with van der Waals surface area (Å²) in [5.74, 6) is 1.23. The molecule has 0 radical (unpaired) electrons. The minimum atomic E-state index is 0.616. The van der Waals surface area contributed by atoms with E-state index in [1.165, 1.54) is 193 Å². The summed E-state index contributed by atoms with van der Waals surface area (Å²) < 4.78 is 0. The minimum absolute atomic E-state index is 0.616. The van der Waals surface area contributed by atoms with Crippen LogP contribution in [0.15, 0.2) is 34.3 Å². The molecule has 0 aromatic carbocycles. The fraction of sp³-hybridized carbons (Fsp3) is 0.870. The second-order valence-corrected chi connectivity index (χ2v) is 15.4. The van der Waals surface area contributed by atoms with Crippen LogP contribution in [0.1, 0.15) is 232 Å². The normalized spacial score (nSPS) is 12.5. The molecule has 0 fully saturated rings. The molecule has 0 aromatic heterocycles. The van der Waals surface area contributed by atoms with Crippen LogP contribution >= 0.6 is 0 Å². The molecule has 306 valence electrons. The Hall–Kier alpha value is -1.98. The van der Waals surface area contributed by atoms with E-state index in [9.17, 15) is 0 Å². The quantitative estimate of drug-likeness (QED) is 0.0218. The topological polar surface area (TPSA) is 101 Å². The Labute approximate surface area is 325 Å². The summed E-state index contributed by atoms with van der Waals surface area (Å²) >= 11 is 0. The van der Waals surface area contributed by atoms with Gasteiger partial charge in [0.15, 0.2) is 11.9 Å². The van der Waals surface area contributed by atoms with Crippen LogP contribution in [0, 0.1) is 0 Å². The van der Waals surface area contributed by atoms with Crippen LogP contribution in [0.25, 0.3) is 0 Å². The number of nitrogens with one attached hydrogen (secondary N) is 2. The van der Waals surface area contributed by atoms with Crippen LogP contribution in [0.3, 0.4) is 0 Å². The van der Waals surface area contributed by atoms with Gasteiger partial charge in [-0.25, -0.2) is 0 Å². The average Bonchev–Trinajstić information content (AvgIpc) is 3.14. The molecule has 0 saturated carbocycles. The lowest BCUT2D eigenvalue weighted by Crippen LogP contribution is -2.32. The first-order chi connectivity index (χ1) is 25.7. The zero-order valence-electron chi connectivity index (χ0n) is 35.2. The van der Waals surface area contributed by atoms with E-state index >= 15 is 0 Å². The van der Waals surface area contributed by atoms with Gasteiger partial charge in [0.1, 0.15) is 0 Å². The standard InChI is InChI=1S/C46H92N6/c1-3-5-7-9-11-13-15-17-19-21-23-25-27-29-33-37-41-49-45(47)51-43-39-35-31-32-36-40-44-52-46(48)50-42-38-34-30-28-26-24-22-20-18-16-14-12-10-8-6-4-2/h17-20H,3-16,21-44H2,1-2H3,(H3,47,49,51)(H3,48,50,52)/b19-17-,20-18-. The zero-order chi connectivity index (χ0) is 37.7. The summed E-state index contributed by atoms with van der Waals surface area (Å²) in [6, 6.07) is 0. The zero-order valence-corrected chi connectivity index (χ0v) is 35.2. The van der Waals surface area contributed by atoms with Crippen molar-refractivity contribution in [1.82, 2.24) is 10.6 Å². The number of allylic oxidation sites excluding steroid dienone is 4. The van der Waals surface area contributed by atoms with Crippen molar-refractivity contribution in [1.29, 1.82) is 0 Å². The van der Waals surface area contributed by atoms with Gasteiger partial charge in [-0.1, -0.05) is 179 Å². The summed E-state index contributed by atoms with van der Waals surface area (Å²) in [5.41, 5.74) is 12.1. The van der Waals surface area contributed by atoms with Crippen LogP contribution in [0.4, 0.5) is 0 Å². The number of nitrogens with zero attached hydrogens (tertiary/aromatic N) is 2. The summed E-state index contributed by atoms with van der Waals surface area (Å²) in [6.07, 6.45) is 54.2. The van der Waals surface area contributed by atoms with Gasteiger partial charge in [-0.2, -0.15) is 0 Å². The van der Waals surface area contributed by atoms with E-state index in [2.05, 4.69) is 58.8 Å². The molecule has 0 spiro atoms. The van der Waals surface area contributed by atoms with Gasteiger partial charge < -0.3 is 22.1 Å². The number of aliphatic imine (C=N–C) groups is 2. The Morgan fingerprint density at radius 1 is 0.346 bits per heavy atom. The van der Waals surface area contributed by atoms with Gasteiger partial charge in [0.25, 0.3) is 0 Å². The van der Waals surface area contributed by atoms with Gasteiger partial charge in [-0.15, -0.1) is 0 Å².